The second-order valence-electron chi connectivity index (χ2n) is 7.98. The minimum Gasteiger partial charge on any atom is -0.497 e. The van der Waals surface area contributed by atoms with Gasteiger partial charge in [0.05, 0.1) is 18.9 Å². The normalized spacial score (nSPS) is 20.3. The van der Waals surface area contributed by atoms with Crippen LogP contribution in [-0.2, 0) is 9.53 Å². The number of methoxy groups -OCH3 is 1. The fraction of sp³-hybridized carbons (Fsp3) is 0.360. The molecule has 0 radical (unpaired) electrons. The van der Waals surface area contributed by atoms with Crippen molar-refractivity contribution < 1.29 is 14.3 Å². The third-order valence-corrected chi connectivity index (χ3v) is 6.46. The van der Waals surface area contributed by atoms with Crippen LogP contribution in [0.25, 0.3) is 6.08 Å². The molecule has 0 saturated carbocycles. The molecule has 0 spiro atoms. The highest BCUT2D eigenvalue weighted by molar-refractivity contribution is 8.14. The Hall–Kier alpha value is -2.57. The molecule has 2 aromatic carbocycles. The van der Waals surface area contributed by atoms with E-state index in [1.807, 2.05) is 56.3 Å². The SMILES string of the molecule is COc1ccc(C=C2N=C(SCC3CCCCO3)N(c3cc(C)cc(C)c3)C2=O)cc1. The molecule has 6 heteroatoms. The number of thioether (sulfide) groups is 1. The van der Waals surface area contributed by atoms with Gasteiger partial charge in [-0.1, -0.05) is 30.0 Å². The molecule has 162 valence electrons. The number of anilines is 1. The van der Waals surface area contributed by atoms with Gasteiger partial charge in [0, 0.05) is 12.4 Å². The zero-order chi connectivity index (χ0) is 21.8. The summed E-state index contributed by atoms with van der Waals surface area (Å²) in [5.41, 5.74) is 4.45. The Bertz CT molecular complexity index is 988. The van der Waals surface area contributed by atoms with Crippen molar-refractivity contribution >= 4 is 34.6 Å². The maximum Gasteiger partial charge on any atom is 0.283 e. The summed E-state index contributed by atoms with van der Waals surface area (Å²) in [7, 11) is 1.64. The zero-order valence-corrected chi connectivity index (χ0v) is 19.1. The van der Waals surface area contributed by atoms with Crippen molar-refractivity contribution in [1.29, 1.82) is 0 Å². The number of benzene rings is 2. The first-order valence-corrected chi connectivity index (χ1v) is 11.6. The van der Waals surface area contributed by atoms with Crippen LogP contribution in [0.4, 0.5) is 5.69 Å². The second kappa shape index (κ2) is 9.71. The van der Waals surface area contributed by atoms with E-state index < -0.39 is 0 Å². The third kappa shape index (κ3) is 5.20. The quantitative estimate of drug-likeness (QED) is 0.592. The topological polar surface area (TPSA) is 51.1 Å². The van der Waals surface area contributed by atoms with Gasteiger partial charge in [0.15, 0.2) is 5.17 Å². The second-order valence-corrected chi connectivity index (χ2v) is 8.97. The third-order valence-electron chi connectivity index (χ3n) is 5.39. The summed E-state index contributed by atoms with van der Waals surface area (Å²) in [5.74, 6) is 1.47. The van der Waals surface area contributed by atoms with Gasteiger partial charge in [-0.25, -0.2) is 4.99 Å². The molecule has 0 aromatic heterocycles. The number of aryl methyl sites for hydroxylation is 2. The molecule has 31 heavy (non-hydrogen) atoms. The summed E-state index contributed by atoms with van der Waals surface area (Å²) in [4.78, 5) is 19.9. The van der Waals surface area contributed by atoms with Gasteiger partial charge in [-0.3, -0.25) is 9.69 Å². The van der Waals surface area contributed by atoms with E-state index in [0.29, 0.717) is 10.9 Å². The molecule has 0 bridgehead atoms. The lowest BCUT2D eigenvalue weighted by Gasteiger charge is -2.24. The monoisotopic (exact) mass is 436 g/mol. The van der Waals surface area contributed by atoms with E-state index in [1.165, 1.54) is 6.42 Å². The van der Waals surface area contributed by atoms with E-state index >= 15 is 0 Å². The van der Waals surface area contributed by atoms with Crippen LogP contribution in [0, 0.1) is 13.8 Å². The van der Waals surface area contributed by atoms with Crippen LogP contribution in [0.1, 0.15) is 36.0 Å². The zero-order valence-electron chi connectivity index (χ0n) is 18.3. The molecular weight excluding hydrogens is 408 g/mol. The molecule has 5 nitrogen and oxygen atoms in total. The Morgan fingerprint density at radius 1 is 1.16 bits per heavy atom. The van der Waals surface area contributed by atoms with Crippen LogP contribution in [0.2, 0.25) is 0 Å². The predicted octanol–water partition coefficient (Wildman–Crippen LogP) is 5.36. The van der Waals surface area contributed by atoms with Crippen molar-refractivity contribution in [3.63, 3.8) is 0 Å². The Kier molecular flexibility index (Phi) is 6.78. The van der Waals surface area contributed by atoms with Crippen molar-refractivity contribution in [3.05, 3.63) is 64.9 Å². The standard InChI is InChI=1S/C25H28N2O3S/c1-17-12-18(2)14-20(13-17)27-24(28)23(15-19-7-9-21(29-3)10-8-19)26-25(27)31-16-22-6-4-5-11-30-22/h7-10,12-15,22H,4-6,11,16H2,1-3H3. The minimum absolute atomic E-state index is 0.104. The number of carbonyl (C=O) groups excluding carboxylic acids is 1. The van der Waals surface area contributed by atoms with Crippen LogP contribution in [-0.4, -0.2) is 36.6 Å². The van der Waals surface area contributed by atoms with E-state index in [4.69, 9.17) is 14.5 Å². The van der Waals surface area contributed by atoms with Crippen LogP contribution >= 0.6 is 11.8 Å². The van der Waals surface area contributed by atoms with Gasteiger partial charge in [-0.05, 0) is 80.1 Å². The van der Waals surface area contributed by atoms with Crippen molar-refractivity contribution in [2.75, 3.05) is 24.4 Å². The van der Waals surface area contributed by atoms with Gasteiger partial charge in [-0.2, -0.15) is 0 Å². The van der Waals surface area contributed by atoms with Gasteiger partial charge in [0.2, 0.25) is 0 Å². The molecular formula is C25H28N2O3S. The highest BCUT2D eigenvalue weighted by Crippen LogP contribution is 2.32. The van der Waals surface area contributed by atoms with Crippen molar-refractivity contribution in [3.8, 4) is 5.75 Å². The van der Waals surface area contributed by atoms with E-state index in [2.05, 4.69) is 6.07 Å². The molecule has 2 aromatic rings. The Balaban J connectivity index is 1.63. The lowest BCUT2D eigenvalue weighted by molar-refractivity contribution is -0.113. The van der Waals surface area contributed by atoms with Crippen molar-refractivity contribution in [2.45, 2.75) is 39.2 Å². The number of carbonyl (C=O) groups is 1. The molecule has 1 amide bonds. The maximum absolute atomic E-state index is 13.4. The predicted molar refractivity (Wildman–Crippen MR) is 128 cm³/mol. The first-order valence-electron chi connectivity index (χ1n) is 10.6. The van der Waals surface area contributed by atoms with Gasteiger partial charge >= 0.3 is 0 Å². The fourth-order valence-electron chi connectivity index (χ4n) is 3.86. The van der Waals surface area contributed by atoms with Gasteiger partial charge in [-0.15, -0.1) is 0 Å². The van der Waals surface area contributed by atoms with E-state index in [1.54, 1.807) is 23.8 Å². The molecule has 0 N–H and O–H groups in total. The molecule has 0 aliphatic carbocycles. The molecule has 1 saturated heterocycles. The fourth-order valence-corrected chi connectivity index (χ4v) is 4.94. The number of nitrogens with zero attached hydrogens (tertiary/aromatic N) is 2. The molecule has 2 aliphatic heterocycles. The smallest absolute Gasteiger partial charge is 0.283 e. The molecule has 1 unspecified atom stereocenters. The van der Waals surface area contributed by atoms with E-state index in [-0.39, 0.29) is 12.0 Å². The lowest BCUT2D eigenvalue weighted by atomic mass is 10.1. The molecule has 2 heterocycles. The summed E-state index contributed by atoms with van der Waals surface area (Å²) >= 11 is 1.60. The first-order chi connectivity index (χ1) is 15.0. The van der Waals surface area contributed by atoms with Crippen LogP contribution in [0.5, 0.6) is 5.75 Å². The summed E-state index contributed by atoms with van der Waals surface area (Å²) in [5, 5.41) is 0.712. The van der Waals surface area contributed by atoms with Crippen molar-refractivity contribution in [1.82, 2.24) is 0 Å². The number of hydrogen-bond donors (Lipinski definition) is 0. The van der Waals surface area contributed by atoms with E-state index in [9.17, 15) is 4.79 Å². The Morgan fingerprint density at radius 2 is 1.90 bits per heavy atom. The summed E-state index contributed by atoms with van der Waals surface area (Å²) in [6.07, 6.45) is 5.44. The molecule has 1 fully saturated rings. The number of rotatable bonds is 5. The average Bonchev–Trinajstić information content (AvgIpc) is 3.08. The van der Waals surface area contributed by atoms with Crippen molar-refractivity contribution in [2.24, 2.45) is 4.99 Å². The number of aliphatic imine (C=N–C) groups is 1. The summed E-state index contributed by atoms with van der Waals surface area (Å²) < 4.78 is 11.1. The Morgan fingerprint density at radius 3 is 2.55 bits per heavy atom. The van der Waals surface area contributed by atoms with Crippen LogP contribution < -0.4 is 9.64 Å². The number of hydrogen-bond acceptors (Lipinski definition) is 5. The summed E-state index contributed by atoms with van der Waals surface area (Å²) in [6.45, 7) is 4.91. The number of amides is 1. The van der Waals surface area contributed by atoms with Crippen LogP contribution in [0.15, 0.2) is 53.2 Å². The maximum atomic E-state index is 13.4. The highest BCUT2D eigenvalue weighted by atomic mass is 32.2. The Labute approximate surface area is 188 Å². The number of amidine groups is 1. The van der Waals surface area contributed by atoms with E-state index in [0.717, 1.165) is 53.3 Å². The van der Waals surface area contributed by atoms with Gasteiger partial charge in [0.1, 0.15) is 11.4 Å². The first kappa shape index (κ1) is 21.7. The van der Waals surface area contributed by atoms with Gasteiger partial charge < -0.3 is 9.47 Å². The number of ether oxygens (including phenoxy) is 2. The lowest BCUT2D eigenvalue weighted by Crippen LogP contribution is -2.32. The molecule has 1 atom stereocenters. The largest absolute Gasteiger partial charge is 0.497 e. The highest BCUT2D eigenvalue weighted by Gasteiger charge is 2.33. The minimum atomic E-state index is -0.104. The summed E-state index contributed by atoms with van der Waals surface area (Å²) in [6, 6.07) is 13.8. The van der Waals surface area contributed by atoms with Gasteiger partial charge in [0.25, 0.3) is 5.91 Å². The molecule has 4 rings (SSSR count). The molecule has 2 aliphatic rings. The average molecular weight is 437 g/mol. The van der Waals surface area contributed by atoms with Crippen LogP contribution in [0.3, 0.4) is 0 Å².